The summed E-state index contributed by atoms with van der Waals surface area (Å²) in [7, 11) is 3.76. The fraction of sp³-hybridized carbons (Fsp3) is 0.550. The second-order valence-electron chi connectivity index (χ2n) is 7.96. The summed E-state index contributed by atoms with van der Waals surface area (Å²) in [5, 5.41) is 12.8. The first-order chi connectivity index (χ1) is 12.7. The molecule has 146 valence electrons. The molecule has 7 nitrogen and oxygen atoms in total. The SMILES string of the molecule is CN(C)C=Nc1ccc(NC2CCCN(C(=O)OC(C)(C)C)C2)cc1C#N. The molecule has 1 saturated heterocycles. The van der Waals surface area contributed by atoms with Crippen LogP contribution in [0.15, 0.2) is 23.2 Å². The Morgan fingerprint density at radius 1 is 1.44 bits per heavy atom. The average molecular weight is 371 g/mol. The van der Waals surface area contributed by atoms with Gasteiger partial charge in [-0.3, -0.25) is 0 Å². The molecule has 7 heteroatoms. The Morgan fingerprint density at radius 2 is 2.19 bits per heavy atom. The number of amides is 1. The minimum absolute atomic E-state index is 0.119. The summed E-state index contributed by atoms with van der Waals surface area (Å²) in [5.41, 5.74) is 1.50. The number of aliphatic imine (C=N–C) groups is 1. The van der Waals surface area contributed by atoms with Crippen LogP contribution in [-0.2, 0) is 4.74 Å². The summed E-state index contributed by atoms with van der Waals surface area (Å²) in [4.78, 5) is 20.2. The third kappa shape index (κ3) is 6.48. The smallest absolute Gasteiger partial charge is 0.410 e. The number of carbonyl (C=O) groups is 1. The van der Waals surface area contributed by atoms with Crippen LogP contribution in [0.3, 0.4) is 0 Å². The van der Waals surface area contributed by atoms with Gasteiger partial charge in [-0.15, -0.1) is 0 Å². The van der Waals surface area contributed by atoms with Crippen molar-refractivity contribution in [1.29, 1.82) is 5.26 Å². The molecule has 0 bridgehead atoms. The Balaban J connectivity index is 2.04. The Kier molecular flexibility index (Phi) is 6.67. The molecule has 0 saturated carbocycles. The molecule has 1 atom stereocenters. The number of hydrogen-bond acceptors (Lipinski definition) is 5. The molecule has 1 aliphatic heterocycles. The van der Waals surface area contributed by atoms with E-state index in [1.165, 1.54) is 0 Å². The number of likely N-dealkylation sites (tertiary alicyclic amines) is 1. The zero-order chi connectivity index (χ0) is 20.0. The molecule has 1 N–H and O–H groups in total. The van der Waals surface area contributed by atoms with E-state index in [0.29, 0.717) is 24.3 Å². The standard InChI is InChI=1S/C20H29N5O2/c1-20(2,3)27-19(26)25-10-6-7-17(13-25)23-16-8-9-18(15(11-16)12-21)22-14-24(4)5/h8-9,11,14,17,23H,6-7,10,13H2,1-5H3. The maximum absolute atomic E-state index is 12.3. The van der Waals surface area contributed by atoms with Gasteiger partial charge in [-0.1, -0.05) is 0 Å². The highest BCUT2D eigenvalue weighted by molar-refractivity contribution is 5.69. The fourth-order valence-electron chi connectivity index (χ4n) is 2.83. The first kappa shape index (κ1) is 20.6. The van der Waals surface area contributed by atoms with Gasteiger partial charge in [-0.05, 0) is 51.8 Å². The van der Waals surface area contributed by atoms with E-state index in [1.807, 2.05) is 51.9 Å². The average Bonchev–Trinajstić information content (AvgIpc) is 2.59. The van der Waals surface area contributed by atoms with Crippen molar-refractivity contribution in [3.05, 3.63) is 23.8 Å². The summed E-state index contributed by atoms with van der Waals surface area (Å²) in [6.07, 6.45) is 3.26. The molecule has 1 aliphatic rings. The van der Waals surface area contributed by atoms with Crippen molar-refractivity contribution in [3.63, 3.8) is 0 Å². The van der Waals surface area contributed by atoms with Crippen LogP contribution in [0.4, 0.5) is 16.2 Å². The van der Waals surface area contributed by atoms with E-state index >= 15 is 0 Å². The van der Waals surface area contributed by atoms with Crippen molar-refractivity contribution >= 4 is 23.8 Å². The quantitative estimate of drug-likeness (QED) is 0.646. The number of benzene rings is 1. The van der Waals surface area contributed by atoms with Crippen LogP contribution >= 0.6 is 0 Å². The Labute approximate surface area is 161 Å². The van der Waals surface area contributed by atoms with Crippen LogP contribution in [0.1, 0.15) is 39.2 Å². The zero-order valence-electron chi connectivity index (χ0n) is 16.8. The normalized spacial score (nSPS) is 17.5. The molecule has 1 heterocycles. The number of rotatable bonds is 4. The molecule has 0 spiro atoms. The fourth-order valence-corrected chi connectivity index (χ4v) is 2.83. The Hall–Kier alpha value is -2.75. The first-order valence-corrected chi connectivity index (χ1v) is 9.17. The second-order valence-corrected chi connectivity index (χ2v) is 7.96. The van der Waals surface area contributed by atoms with Gasteiger partial charge in [-0.2, -0.15) is 5.26 Å². The van der Waals surface area contributed by atoms with Crippen LogP contribution in [0.25, 0.3) is 0 Å². The van der Waals surface area contributed by atoms with Gasteiger partial charge in [0.25, 0.3) is 0 Å². The number of piperidine rings is 1. The van der Waals surface area contributed by atoms with E-state index in [9.17, 15) is 10.1 Å². The summed E-state index contributed by atoms with van der Waals surface area (Å²) in [6.45, 7) is 6.89. The zero-order valence-corrected chi connectivity index (χ0v) is 16.8. The molecule has 0 aromatic heterocycles. The van der Waals surface area contributed by atoms with Gasteiger partial charge in [0.1, 0.15) is 11.7 Å². The maximum Gasteiger partial charge on any atom is 0.410 e. The van der Waals surface area contributed by atoms with Crippen molar-refractivity contribution in [3.8, 4) is 6.07 Å². The lowest BCUT2D eigenvalue weighted by molar-refractivity contribution is 0.0206. The summed E-state index contributed by atoms with van der Waals surface area (Å²) >= 11 is 0. The van der Waals surface area contributed by atoms with Crippen molar-refractivity contribution in [2.45, 2.75) is 45.3 Å². The van der Waals surface area contributed by atoms with E-state index < -0.39 is 5.60 Å². The molecular weight excluding hydrogens is 342 g/mol. The van der Waals surface area contributed by atoms with E-state index in [1.54, 1.807) is 17.3 Å². The molecule has 1 aromatic carbocycles. The Morgan fingerprint density at radius 3 is 2.81 bits per heavy atom. The lowest BCUT2D eigenvalue weighted by atomic mass is 10.1. The highest BCUT2D eigenvalue weighted by Gasteiger charge is 2.27. The van der Waals surface area contributed by atoms with Crippen molar-refractivity contribution in [2.75, 3.05) is 32.5 Å². The van der Waals surface area contributed by atoms with Crippen molar-refractivity contribution in [2.24, 2.45) is 4.99 Å². The molecule has 0 radical (unpaired) electrons. The third-order valence-corrected chi connectivity index (χ3v) is 3.99. The van der Waals surface area contributed by atoms with Crippen LogP contribution in [0.2, 0.25) is 0 Å². The number of ether oxygens (including phenoxy) is 1. The van der Waals surface area contributed by atoms with E-state index in [0.717, 1.165) is 18.5 Å². The summed E-state index contributed by atoms with van der Waals surface area (Å²) in [6, 6.07) is 7.85. The number of hydrogen-bond donors (Lipinski definition) is 1. The number of carbonyl (C=O) groups excluding carboxylic acids is 1. The lowest BCUT2D eigenvalue weighted by Gasteiger charge is -2.34. The van der Waals surface area contributed by atoms with Crippen LogP contribution in [-0.4, -0.2) is 61.1 Å². The number of nitriles is 1. The number of nitrogens with one attached hydrogen (secondary N) is 1. The number of nitrogens with zero attached hydrogens (tertiary/aromatic N) is 4. The third-order valence-electron chi connectivity index (χ3n) is 3.99. The topological polar surface area (TPSA) is 81.0 Å². The Bertz CT molecular complexity index is 731. The largest absolute Gasteiger partial charge is 0.444 e. The van der Waals surface area contributed by atoms with Gasteiger partial charge in [0.2, 0.25) is 0 Å². The van der Waals surface area contributed by atoms with Gasteiger partial charge in [0.15, 0.2) is 0 Å². The van der Waals surface area contributed by atoms with E-state index in [-0.39, 0.29) is 12.1 Å². The second kappa shape index (κ2) is 8.76. The lowest BCUT2D eigenvalue weighted by Crippen LogP contribution is -2.46. The monoisotopic (exact) mass is 371 g/mol. The molecule has 1 unspecified atom stereocenters. The van der Waals surface area contributed by atoms with Crippen LogP contribution < -0.4 is 5.32 Å². The maximum atomic E-state index is 12.3. The molecule has 2 rings (SSSR count). The molecule has 27 heavy (non-hydrogen) atoms. The highest BCUT2D eigenvalue weighted by Crippen LogP contribution is 2.24. The van der Waals surface area contributed by atoms with Crippen molar-refractivity contribution in [1.82, 2.24) is 9.80 Å². The predicted molar refractivity (Wildman–Crippen MR) is 107 cm³/mol. The van der Waals surface area contributed by atoms with E-state index in [4.69, 9.17) is 4.74 Å². The molecule has 1 aromatic rings. The predicted octanol–water partition coefficient (Wildman–Crippen LogP) is 3.59. The van der Waals surface area contributed by atoms with Crippen LogP contribution in [0.5, 0.6) is 0 Å². The highest BCUT2D eigenvalue weighted by atomic mass is 16.6. The van der Waals surface area contributed by atoms with Gasteiger partial charge in [-0.25, -0.2) is 9.79 Å². The minimum atomic E-state index is -0.498. The summed E-state index contributed by atoms with van der Waals surface area (Å²) < 4.78 is 5.47. The van der Waals surface area contributed by atoms with Crippen molar-refractivity contribution < 1.29 is 9.53 Å². The summed E-state index contributed by atoms with van der Waals surface area (Å²) in [5.74, 6) is 0. The van der Waals surface area contributed by atoms with Gasteiger partial charge in [0, 0.05) is 38.9 Å². The number of anilines is 1. The molecular formula is C20H29N5O2. The van der Waals surface area contributed by atoms with Crippen LogP contribution in [0, 0.1) is 11.3 Å². The van der Waals surface area contributed by atoms with E-state index in [2.05, 4.69) is 16.4 Å². The molecule has 1 fully saturated rings. The molecule has 0 aliphatic carbocycles. The molecule has 1 amide bonds. The van der Waals surface area contributed by atoms with Gasteiger partial charge >= 0.3 is 6.09 Å². The van der Waals surface area contributed by atoms with Gasteiger partial charge < -0.3 is 19.9 Å². The van der Waals surface area contributed by atoms with Gasteiger partial charge in [0.05, 0.1) is 17.6 Å². The minimum Gasteiger partial charge on any atom is -0.444 e. The first-order valence-electron chi connectivity index (χ1n) is 9.17.